The molecule has 84 valence electrons. The molecule has 1 aromatic rings. The first-order valence-corrected chi connectivity index (χ1v) is 5.04. The quantitative estimate of drug-likeness (QED) is 0.830. The molecule has 15 heavy (non-hydrogen) atoms. The Morgan fingerprint density at radius 2 is 2.07 bits per heavy atom. The number of hydrogen-bond acceptors (Lipinski definition) is 2. The van der Waals surface area contributed by atoms with Gasteiger partial charge in [-0.1, -0.05) is 6.07 Å². The summed E-state index contributed by atoms with van der Waals surface area (Å²) in [6.45, 7) is 3.95. The molecule has 1 aromatic carbocycles. The molecule has 0 atom stereocenters. The van der Waals surface area contributed by atoms with Crippen LogP contribution in [0.2, 0.25) is 0 Å². The summed E-state index contributed by atoms with van der Waals surface area (Å²) in [5.74, 6) is 0.321. The Morgan fingerprint density at radius 1 is 1.40 bits per heavy atom. The van der Waals surface area contributed by atoms with E-state index < -0.39 is 0 Å². The third-order valence-corrected chi connectivity index (χ3v) is 2.29. The topological polar surface area (TPSA) is 35.2 Å². The summed E-state index contributed by atoms with van der Waals surface area (Å²) in [7, 11) is 1.55. The molecule has 0 bridgehead atoms. The number of halogens is 1. The fourth-order valence-electron chi connectivity index (χ4n) is 1.38. The predicted molar refractivity (Wildman–Crippen MR) is 59.5 cm³/mol. The molecule has 0 aromatic heterocycles. The second kappa shape index (κ2) is 4.62. The molecule has 1 rings (SSSR count). The standard InChI is InChI=1S/C12H18FNO/c1-12(2,14)7-6-9-4-5-10(13)8-11(9)15-3/h4-5,8H,6-7,14H2,1-3H3. The summed E-state index contributed by atoms with van der Waals surface area (Å²) in [5.41, 5.74) is 6.68. The number of rotatable bonds is 4. The van der Waals surface area contributed by atoms with Crippen molar-refractivity contribution in [1.29, 1.82) is 0 Å². The summed E-state index contributed by atoms with van der Waals surface area (Å²) in [6.07, 6.45) is 1.64. The number of benzene rings is 1. The summed E-state index contributed by atoms with van der Waals surface area (Å²) < 4.78 is 18.0. The number of ether oxygens (including phenoxy) is 1. The van der Waals surface area contributed by atoms with Crippen LogP contribution >= 0.6 is 0 Å². The van der Waals surface area contributed by atoms with E-state index in [-0.39, 0.29) is 11.4 Å². The molecule has 0 amide bonds. The average molecular weight is 211 g/mol. The molecule has 3 heteroatoms. The first-order chi connectivity index (χ1) is 6.92. The minimum atomic E-state index is -0.275. The lowest BCUT2D eigenvalue weighted by Gasteiger charge is -2.18. The second-order valence-electron chi connectivity index (χ2n) is 4.44. The first kappa shape index (κ1) is 12.0. The van der Waals surface area contributed by atoms with Crippen molar-refractivity contribution in [2.24, 2.45) is 5.73 Å². The average Bonchev–Trinajstić information content (AvgIpc) is 2.14. The zero-order valence-electron chi connectivity index (χ0n) is 9.51. The number of nitrogens with two attached hydrogens (primary N) is 1. The van der Waals surface area contributed by atoms with E-state index in [2.05, 4.69) is 0 Å². The van der Waals surface area contributed by atoms with E-state index in [1.165, 1.54) is 12.1 Å². The summed E-state index contributed by atoms with van der Waals surface area (Å²) >= 11 is 0. The maximum Gasteiger partial charge on any atom is 0.126 e. The van der Waals surface area contributed by atoms with Crippen LogP contribution in [0.4, 0.5) is 4.39 Å². The molecule has 0 spiro atoms. The van der Waals surface area contributed by atoms with Crippen LogP contribution in [0.3, 0.4) is 0 Å². The molecule has 0 saturated carbocycles. The largest absolute Gasteiger partial charge is 0.496 e. The first-order valence-electron chi connectivity index (χ1n) is 5.04. The zero-order chi connectivity index (χ0) is 11.5. The van der Waals surface area contributed by atoms with Crippen LogP contribution in [0.1, 0.15) is 25.8 Å². The van der Waals surface area contributed by atoms with Gasteiger partial charge in [0.25, 0.3) is 0 Å². The SMILES string of the molecule is COc1cc(F)ccc1CCC(C)(C)N. The van der Waals surface area contributed by atoms with Gasteiger partial charge in [0, 0.05) is 11.6 Å². The predicted octanol–water partition coefficient (Wildman–Crippen LogP) is 2.50. The van der Waals surface area contributed by atoms with E-state index in [0.717, 1.165) is 18.4 Å². The van der Waals surface area contributed by atoms with E-state index in [9.17, 15) is 4.39 Å². The van der Waals surface area contributed by atoms with Crippen LogP contribution in [-0.2, 0) is 6.42 Å². The van der Waals surface area contributed by atoms with Crippen molar-refractivity contribution in [3.8, 4) is 5.75 Å². The molecular weight excluding hydrogens is 193 g/mol. The smallest absolute Gasteiger partial charge is 0.126 e. The Labute approximate surface area is 90.2 Å². The highest BCUT2D eigenvalue weighted by Crippen LogP contribution is 2.22. The van der Waals surface area contributed by atoms with Crippen molar-refractivity contribution in [2.75, 3.05) is 7.11 Å². The Balaban J connectivity index is 2.76. The van der Waals surface area contributed by atoms with E-state index in [1.807, 2.05) is 13.8 Å². The minimum absolute atomic E-state index is 0.209. The molecule has 2 nitrogen and oxygen atoms in total. The highest BCUT2D eigenvalue weighted by atomic mass is 19.1. The van der Waals surface area contributed by atoms with Crippen LogP contribution < -0.4 is 10.5 Å². The van der Waals surface area contributed by atoms with Gasteiger partial charge in [-0.2, -0.15) is 0 Å². The lowest BCUT2D eigenvalue weighted by Crippen LogP contribution is -2.32. The van der Waals surface area contributed by atoms with Gasteiger partial charge >= 0.3 is 0 Å². The molecule has 0 heterocycles. The fraction of sp³-hybridized carbons (Fsp3) is 0.500. The third-order valence-electron chi connectivity index (χ3n) is 2.29. The highest BCUT2D eigenvalue weighted by molar-refractivity contribution is 5.34. The maximum atomic E-state index is 12.9. The molecule has 0 aliphatic carbocycles. The number of methoxy groups -OCH3 is 1. The van der Waals surface area contributed by atoms with E-state index in [4.69, 9.17) is 10.5 Å². The van der Waals surface area contributed by atoms with E-state index in [0.29, 0.717) is 5.75 Å². The van der Waals surface area contributed by atoms with Crippen molar-refractivity contribution < 1.29 is 9.13 Å². The van der Waals surface area contributed by atoms with Gasteiger partial charge in [-0.3, -0.25) is 0 Å². The van der Waals surface area contributed by atoms with Crippen LogP contribution in [-0.4, -0.2) is 12.6 Å². The molecule has 0 aliphatic rings. The lowest BCUT2D eigenvalue weighted by molar-refractivity contribution is 0.401. The van der Waals surface area contributed by atoms with Crippen LogP contribution in [0.15, 0.2) is 18.2 Å². The molecule has 0 saturated heterocycles. The van der Waals surface area contributed by atoms with Crippen molar-refractivity contribution >= 4 is 0 Å². The normalized spacial score (nSPS) is 11.5. The second-order valence-corrected chi connectivity index (χ2v) is 4.44. The fourth-order valence-corrected chi connectivity index (χ4v) is 1.38. The summed E-state index contributed by atoms with van der Waals surface area (Å²) in [4.78, 5) is 0. The van der Waals surface area contributed by atoms with Crippen molar-refractivity contribution in [2.45, 2.75) is 32.2 Å². The van der Waals surface area contributed by atoms with Gasteiger partial charge in [0.05, 0.1) is 7.11 Å². The number of hydrogen-bond donors (Lipinski definition) is 1. The zero-order valence-corrected chi connectivity index (χ0v) is 9.51. The number of aryl methyl sites for hydroxylation is 1. The Kier molecular flexibility index (Phi) is 3.69. The monoisotopic (exact) mass is 211 g/mol. The van der Waals surface area contributed by atoms with Crippen molar-refractivity contribution in [3.05, 3.63) is 29.6 Å². The molecule has 0 unspecified atom stereocenters. The minimum Gasteiger partial charge on any atom is -0.496 e. The van der Waals surface area contributed by atoms with Gasteiger partial charge in [0.2, 0.25) is 0 Å². The third kappa shape index (κ3) is 3.88. The Bertz CT molecular complexity index is 331. The van der Waals surface area contributed by atoms with Gasteiger partial charge in [-0.25, -0.2) is 4.39 Å². The molecule has 0 aliphatic heterocycles. The van der Waals surface area contributed by atoms with E-state index >= 15 is 0 Å². The summed E-state index contributed by atoms with van der Waals surface area (Å²) in [5, 5.41) is 0. The van der Waals surface area contributed by atoms with Gasteiger partial charge in [-0.05, 0) is 38.3 Å². The highest BCUT2D eigenvalue weighted by Gasteiger charge is 2.12. The maximum absolute atomic E-state index is 12.9. The van der Waals surface area contributed by atoms with Crippen molar-refractivity contribution in [3.63, 3.8) is 0 Å². The van der Waals surface area contributed by atoms with Gasteiger partial charge in [0.15, 0.2) is 0 Å². The lowest BCUT2D eigenvalue weighted by atomic mass is 9.96. The Hall–Kier alpha value is -1.09. The van der Waals surface area contributed by atoms with Crippen LogP contribution in [0.25, 0.3) is 0 Å². The van der Waals surface area contributed by atoms with E-state index in [1.54, 1.807) is 13.2 Å². The van der Waals surface area contributed by atoms with Crippen LogP contribution in [0, 0.1) is 5.82 Å². The Morgan fingerprint density at radius 3 is 2.60 bits per heavy atom. The van der Waals surface area contributed by atoms with Gasteiger partial charge < -0.3 is 10.5 Å². The summed E-state index contributed by atoms with van der Waals surface area (Å²) in [6, 6.07) is 4.60. The van der Waals surface area contributed by atoms with Crippen molar-refractivity contribution in [1.82, 2.24) is 0 Å². The van der Waals surface area contributed by atoms with Gasteiger partial charge in [-0.15, -0.1) is 0 Å². The molecular formula is C12H18FNO. The van der Waals surface area contributed by atoms with Gasteiger partial charge in [0.1, 0.15) is 11.6 Å². The molecule has 0 radical (unpaired) electrons. The molecule has 2 N–H and O–H groups in total. The van der Waals surface area contributed by atoms with Crippen LogP contribution in [0.5, 0.6) is 5.75 Å². The molecule has 0 fully saturated rings.